The molecule has 1 fully saturated rings. The van der Waals surface area contributed by atoms with Crippen molar-refractivity contribution in [2.45, 2.75) is 51.1 Å². The number of halogens is 1. The fourth-order valence-corrected chi connectivity index (χ4v) is 3.88. The second-order valence-corrected chi connectivity index (χ2v) is 5.82. The summed E-state index contributed by atoms with van der Waals surface area (Å²) in [5.41, 5.74) is 7.02. The Morgan fingerprint density at radius 2 is 1.90 bits per heavy atom. The van der Waals surface area contributed by atoms with Gasteiger partial charge in [0.2, 0.25) is 0 Å². The van der Waals surface area contributed by atoms with E-state index < -0.39 is 0 Å². The Bertz CT molecular complexity index is 468. The lowest BCUT2D eigenvalue weighted by Gasteiger charge is -2.45. The van der Waals surface area contributed by atoms with E-state index in [1.165, 1.54) is 7.11 Å². The Morgan fingerprint density at radius 1 is 1.29 bits per heavy atom. The molecule has 1 unspecified atom stereocenters. The highest BCUT2D eigenvalue weighted by atomic mass is 19.1. The predicted octanol–water partition coefficient (Wildman–Crippen LogP) is 3.49. The number of hydrogen-bond donors (Lipinski definition) is 1. The molecule has 0 bridgehead atoms. The van der Waals surface area contributed by atoms with Crippen molar-refractivity contribution in [3.8, 4) is 5.75 Å². The summed E-state index contributed by atoms with van der Waals surface area (Å²) in [4.78, 5) is 2.41. The molecule has 2 rings (SSSR count). The van der Waals surface area contributed by atoms with Gasteiger partial charge in [-0.1, -0.05) is 38.8 Å². The third-order valence-corrected chi connectivity index (χ3v) is 4.99. The summed E-state index contributed by atoms with van der Waals surface area (Å²) < 4.78 is 19.7. The Kier molecular flexibility index (Phi) is 5.22. The molecule has 2 N–H and O–H groups in total. The summed E-state index contributed by atoms with van der Waals surface area (Å²) >= 11 is 0. The molecule has 0 aromatic heterocycles. The predicted molar refractivity (Wildman–Crippen MR) is 84.0 cm³/mol. The summed E-state index contributed by atoms with van der Waals surface area (Å²) in [7, 11) is 1.49. The van der Waals surface area contributed by atoms with E-state index in [1.54, 1.807) is 12.1 Å². The van der Waals surface area contributed by atoms with Gasteiger partial charge in [0.05, 0.1) is 13.2 Å². The number of likely N-dealkylation sites (N-methyl/N-ethyl adjacent to an activating group) is 1. The molecule has 1 aromatic rings. The summed E-state index contributed by atoms with van der Waals surface area (Å²) in [6.45, 7) is 6.18. The molecule has 4 heteroatoms. The van der Waals surface area contributed by atoms with Gasteiger partial charge < -0.3 is 10.5 Å². The summed E-state index contributed by atoms with van der Waals surface area (Å²) in [6, 6.07) is 4.94. The average Bonchev–Trinajstić information content (AvgIpc) is 2.99. The Morgan fingerprint density at radius 3 is 2.43 bits per heavy atom. The van der Waals surface area contributed by atoms with Crippen LogP contribution in [0.4, 0.5) is 4.39 Å². The van der Waals surface area contributed by atoms with Gasteiger partial charge in [0.1, 0.15) is 0 Å². The van der Waals surface area contributed by atoms with Crippen LogP contribution in [0.25, 0.3) is 0 Å². The quantitative estimate of drug-likeness (QED) is 0.873. The molecule has 0 saturated heterocycles. The highest BCUT2D eigenvalue weighted by Gasteiger charge is 2.44. The highest BCUT2D eigenvalue weighted by molar-refractivity contribution is 5.35. The zero-order valence-electron chi connectivity index (χ0n) is 13.4. The van der Waals surface area contributed by atoms with Crippen LogP contribution in [-0.2, 0) is 0 Å². The largest absolute Gasteiger partial charge is 0.494 e. The highest BCUT2D eigenvalue weighted by Crippen LogP contribution is 2.44. The van der Waals surface area contributed by atoms with Crippen LogP contribution in [0.3, 0.4) is 0 Å². The minimum atomic E-state index is -0.324. The number of hydrogen-bond acceptors (Lipinski definition) is 3. The molecule has 0 heterocycles. The van der Waals surface area contributed by atoms with Crippen LogP contribution in [-0.4, -0.2) is 30.6 Å². The monoisotopic (exact) mass is 294 g/mol. The van der Waals surface area contributed by atoms with Crippen molar-refractivity contribution in [3.05, 3.63) is 29.6 Å². The van der Waals surface area contributed by atoms with Crippen LogP contribution in [0.1, 0.15) is 51.1 Å². The van der Waals surface area contributed by atoms with Crippen molar-refractivity contribution < 1.29 is 9.13 Å². The van der Waals surface area contributed by atoms with Crippen LogP contribution in [0.5, 0.6) is 5.75 Å². The van der Waals surface area contributed by atoms with Gasteiger partial charge in [-0.05, 0) is 32.0 Å². The van der Waals surface area contributed by atoms with Crippen molar-refractivity contribution in [1.29, 1.82) is 0 Å². The molecule has 3 nitrogen and oxygen atoms in total. The molecule has 1 atom stereocenters. The second-order valence-electron chi connectivity index (χ2n) is 5.82. The normalized spacial score (nSPS) is 19.0. The molecule has 0 radical (unpaired) electrons. The SMILES string of the molecule is CCN(CC)C1(C(N)c2cccc(OC)c2F)CCCC1. The van der Waals surface area contributed by atoms with Crippen molar-refractivity contribution in [2.24, 2.45) is 5.73 Å². The maximum absolute atomic E-state index is 14.6. The van der Waals surface area contributed by atoms with Crippen LogP contribution < -0.4 is 10.5 Å². The minimum Gasteiger partial charge on any atom is -0.494 e. The molecule has 1 aliphatic carbocycles. The maximum atomic E-state index is 14.6. The Balaban J connectivity index is 2.42. The van der Waals surface area contributed by atoms with E-state index in [2.05, 4.69) is 18.7 Å². The standard InChI is InChI=1S/C17H27FN2O/c1-4-20(5-2)17(11-6-7-12-17)16(19)13-9-8-10-14(21-3)15(13)18/h8-10,16H,4-7,11-12,19H2,1-3H3. The molecule has 21 heavy (non-hydrogen) atoms. The number of nitrogens with zero attached hydrogens (tertiary/aromatic N) is 1. The van der Waals surface area contributed by atoms with Gasteiger partial charge in [-0.3, -0.25) is 4.90 Å². The lowest BCUT2D eigenvalue weighted by atomic mass is 9.82. The van der Waals surface area contributed by atoms with Crippen LogP contribution in [0.15, 0.2) is 18.2 Å². The van der Waals surface area contributed by atoms with Gasteiger partial charge in [0.15, 0.2) is 11.6 Å². The van der Waals surface area contributed by atoms with E-state index in [1.807, 2.05) is 6.07 Å². The van der Waals surface area contributed by atoms with Crippen molar-refractivity contribution >= 4 is 0 Å². The van der Waals surface area contributed by atoms with Gasteiger partial charge in [0, 0.05) is 11.1 Å². The van der Waals surface area contributed by atoms with E-state index in [0.29, 0.717) is 5.56 Å². The van der Waals surface area contributed by atoms with Crippen LogP contribution in [0.2, 0.25) is 0 Å². The van der Waals surface area contributed by atoms with Gasteiger partial charge in [0.25, 0.3) is 0 Å². The first-order chi connectivity index (χ1) is 10.1. The van der Waals surface area contributed by atoms with Crippen LogP contribution >= 0.6 is 0 Å². The molecular formula is C17H27FN2O. The summed E-state index contributed by atoms with van der Waals surface area (Å²) in [6.07, 6.45) is 4.39. The third kappa shape index (κ3) is 2.79. The first-order valence-electron chi connectivity index (χ1n) is 7.93. The molecule has 1 saturated carbocycles. The van der Waals surface area contributed by atoms with Crippen molar-refractivity contribution in [3.63, 3.8) is 0 Å². The zero-order chi connectivity index (χ0) is 15.5. The van der Waals surface area contributed by atoms with E-state index in [9.17, 15) is 4.39 Å². The van der Waals surface area contributed by atoms with Gasteiger partial charge in [-0.2, -0.15) is 0 Å². The second kappa shape index (κ2) is 6.75. The first-order valence-corrected chi connectivity index (χ1v) is 7.93. The number of ether oxygens (including phenoxy) is 1. The summed E-state index contributed by atoms with van der Waals surface area (Å²) in [5.74, 6) is -0.0402. The fraction of sp³-hybridized carbons (Fsp3) is 0.647. The maximum Gasteiger partial charge on any atom is 0.169 e. The van der Waals surface area contributed by atoms with E-state index >= 15 is 0 Å². The van der Waals surface area contributed by atoms with Crippen LogP contribution in [0, 0.1) is 5.82 Å². The van der Waals surface area contributed by atoms with Gasteiger partial charge in [-0.15, -0.1) is 0 Å². The number of rotatable bonds is 6. The van der Waals surface area contributed by atoms with Crippen molar-refractivity contribution in [2.75, 3.05) is 20.2 Å². The number of benzene rings is 1. The fourth-order valence-electron chi connectivity index (χ4n) is 3.88. The van der Waals surface area contributed by atoms with E-state index in [4.69, 9.17) is 10.5 Å². The summed E-state index contributed by atoms with van der Waals surface area (Å²) in [5, 5.41) is 0. The molecule has 1 aliphatic rings. The Labute approximate surface area is 127 Å². The molecule has 0 amide bonds. The van der Waals surface area contributed by atoms with Gasteiger partial charge >= 0.3 is 0 Å². The molecule has 0 aliphatic heterocycles. The third-order valence-electron chi connectivity index (χ3n) is 4.99. The number of methoxy groups -OCH3 is 1. The first kappa shape index (κ1) is 16.2. The Hall–Kier alpha value is -1.13. The molecule has 0 spiro atoms. The minimum absolute atomic E-state index is 0.128. The van der Waals surface area contributed by atoms with Gasteiger partial charge in [-0.25, -0.2) is 4.39 Å². The van der Waals surface area contributed by atoms with E-state index in [0.717, 1.165) is 38.8 Å². The molecule has 1 aromatic carbocycles. The smallest absolute Gasteiger partial charge is 0.169 e. The van der Waals surface area contributed by atoms with E-state index in [-0.39, 0.29) is 23.1 Å². The average molecular weight is 294 g/mol. The zero-order valence-corrected chi connectivity index (χ0v) is 13.4. The number of nitrogens with two attached hydrogens (primary N) is 1. The molecular weight excluding hydrogens is 267 g/mol. The van der Waals surface area contributed by atoms with Crippen molar-refractivity contribution in [1.82, 2.24) is 4.90 Å². The lowest BCUT2D eigenvalue weighted by molar-refractivity contribution is 0.0756. The molecule has 118 valence electrons. The topological polar surface area (TPSA) is 38.5 Å². The lowest BCUT2D eigenvalue weighted by Crippen LogP contribution is -2.53.